The van der Waals surface area contributed by atoms with Crippen LogP contribution in [0.2, 0.25) is 0 Å². The molecule has 20 heavy (non-hydrogen) atoms. The summed E-state index contributed by atoms with van der Waals surface area (Å²) in [5.74, 6) is 2.59. The van der Waals surface area contributed by atoms with E-state index in [2.05, 4.69) is 29.2 Å². The highest BCUT2D eigenvalue weighted by molar-refractivity contribution is 7.99. The normalized spacial score (nSPS) is 26.6. The monoisotopic (exact) mass is 343 g/mol. The Labute approximate surface area is 139 Å². The largest absolute Gasteiger partial charge is 0.341 e. The van der Waals surface area contributed by atoms with E-state index in [0.717, 1.165) is 31.8 Å². The van der Waals surface area contributed by atoms with Crippen LogP contribution in [0.25, 0.3) is 0 Å². The third-order valence-corrected chi connectivity index (χ3v) is 5.03. The maximum Gasteiger partial charge on any atom is 0.224 e. The van der Waals surface area contributed by atoms with Crippen molar-refractivity contribution in [2.75, 3.05) is 45.2 Å². The van der Waals surface area contributed by atoms with Crippen molar-refractivity contribution >= 4 is 42.5 Å². The quantitative estimate of drug-likeness (QED) is 0.841. The van der Waals surface area contributed by atoms with E-state index in [4.69, 9.17) is 0 Å². The van der Waals surface area contributed by atoms with Crippen molar-refractivity contribution < 1.29 is 4.79 Å². The lowest BCUT2D eigenvalue weighted by Gasteiger charge is -2.37. The summed E-state index contributed by atoms with van der Waals surface area (Å²) in [5, 5.41) is 3.44. The van der Waals surface area contributed by atoms with Gasteiger partial charge in [-0.1, -0.05) is 0 Å². The van der Waals surface area contributed by atoms with Crippen LogP contribution >= 0.6 is 36.6 Å². The van der Waals surface area contributed by atoms with Gasteiger partial charge in [0.05, 0.1) is 0 Å². The molecule has 2 atom stereocenters. The van der Waals surface area contributed by atoms with Gasteiger partial charge in [0.15, 0.2) is 0 Å². The van der Waals surface area contributed by atoms with Crippen molar-refractivity contribution in [1.29, 1.82) is 0 Å². The second kappa shape index (κ2) is 10.1. The average Bonchev–Trinajstić information content (AvgIpc) is 2.40. The molecule has 0 aromatic heterocycles. The standard InChI is InChI=1S/C13H25N3OS.2ClH/c1-15(2)12-4-3-6-16(9-12)13(17)8-11-10-18-7-5-14-11;;/h11-12,14H,3-10H2,1-2H3;2*1H. The van der Waals surface area contributed by atoms with Crippen LogP contribution in [0.1, 0.15) is 19.3 Å². The molecule has 0 spiro atoms. The van der Waals surface area contributed by atoms with Crippen LogP contribution in [-0.2, 0) is 4.79 Å². The molecule has 2 unspecified atom stereocenters. The highest BCUT2D eigenvalue weighted by Gasteiger charge is 2.26. The molecule has 2 heterocycles. The van der Waals surface area contributed by atoms with Crippen molar-refractivity contribution in [3.8, 4) is 0 Å². The number of carbonyl (C=O) groups is 1. The Hall–Kier alpha value is 0.320. The summed E-state index contributed by atoms with van der Waals surface area (Å²) in [6.45, 7) is 2.90. The van der Waals surface area contributed by atoms with Gasteiger partial charge in [-0.15, -0.1) is 24.8 Å². The molecule has 0 radical (unpaired) electrons. The first kappa shape index (κ1) is 20.3. The summed E-state index contributed by atoms with van der Waals surface area (Å²) in [4.78, 5) is 16.6. The van der Waals surface area contributed by atoms with Crippen LogP contribution in [-0.4, -0.2) is 73.0 Å². The summed E-state index contributed by atoms with van der Waals surface area (Å²) >= 11 is 1.96. The van der Waals surface area contributed by atoms with Gasteiger partial charge >= 0.3 is 0 Å². The van der Waals surface area contributed by atoms with Gasteiger partial charge in [-0.25, -0.2) is 0 Å². The molecular formula is C13H27Cl2N3OS. The number of thioether (sulfide) groups is 1. The summed E-state index contributed by atoms with van der Waals surface area (Å²) in [7, 11) is 4.22. The molecular weight excluding hydrogens is 317 g/mol. The maximum atomic E-state index is 12.3. The molecule has 0 saturated carbocycles. The highest BCUT2D eigenvalue weighted by atomic mass is 35.5. The Morgan fingerprint density at radius 3 is 2.75 bits per heavy atom. The predicted octanol–water partition coefficient (Wildman–Crippen LogP) is 1.48. The Morgan fingerprint density at radius 1 is 1.40 bits per heavy atom. The van der Waals surface area contributed by atoms with E-state index in [1.165, 1.54) is 12.2 Å². The number of likely N-dealkylation sites (tertiary alicyclic amines) is 1. The van der Waals surface area contributed by atoms with E-state index in [9.17, 15) is 4.79 Å². The number of hydrogen-bond donors (Lipinski definition) is 1. The zero-order valence-electron chi connectivity index (χ0n) is 12.3. The molecule has 0 aromatic rings. The summed E-state index contributed by atoms with van der Waals surface area (Å²) in [5.41, 5.74) is 0. The first-order valence-electron chi connectivity index (χ1n) is 6.92. The first-order chi connectivity index (χ1) is 8.66. The highest BCUT2D eigenvalue weighted by Crippen LogP contribution is 2.17. The number of carbonyl (C=O) groups excluding carboxylic acids is 1. The first-order valence-corrected chi connectivity index (χ1v) is 8.07. The van der Waals surface area contributed by atoms with Crippen LogP contribution in [0.15, 0.2) is 0 Å². The molecule has 120 valence electrons. The zero-order valence-corrected chi connectivity index (χ0v) is 14.8. The summed E-state index contributed by atoms with van der Waals surface area (Å²) in [6.07, 6.45) is 3.03. The van der Waals surface area contributed by atoms with Crippen molar-refractivity contribution in [3.63, 3.8) is 0 Å². The topological polar surface area (TPSA) is 35.6 Å². The summed E-state index contributed by atoms with van der Waals surface area (Å²) < 4.78 is 0. The molecule has 2 aliphatic heterocycles. The number of halogens is 2. The number of hydrogen-bond acceptors (Lipinski definition) is 4. The second-order valence-electron chi connectivity index (χ2n) is 5.53. The molecule has 0 bridgehead atoms. The molecule has 4 nitrogen and oxygen atoms in total. The fraction of sp³-hybridized carbons (Fsp3) is 0.923. The SMILES string of the molecule is CN(C)C1CCCN(C(=O)CC2CSCCN2)C1.Cl.Cl. The van der Waals surface area contributed by atoms with Gasteiger partial charge in [0, 0.05) is 49.6 Å². The predicted molar refractivity (Wildman–Crippen MR) is 91.5 cm³/mol. The van der Waals surface area contributed by atoms with Crippen molar-refractivity contribution in [2.45, 2.75) is 31.3 Å². The van der Waals surface area contributed by atoms with Crippen LogP contribution < -0.4 is 5.32 Å². The second-order valence-corrected chi connectivity index (χ2v) is 6.68. The van der Waals surface area contributed by atoms with Crippen molar-refractivity contribution in [1.82, 2.24) is 15.1 Å². The molecule has 2 fully saturated rings. The van der Waals surface area contributed by atoms with Crippen molar-refractivity contribution in [3.05, 3.63) is 0 Å². The molecule has 1 N–H and O–H groups in total. The van der Waals surface area contributed by atoms with Gasteiger partial charge in [0.25, 0.3) is 0 Å². The number of amides is 1. The molecule has 7 heteroatoms. The fourth-order valence-electron chi connectivity index (χ4n) is 2.69. The minimum atomic E-state index is 0. The molecule has 2 aliphatic rings. The lowest BCUT2D eigenvalue weighted by atomic mass is 10.0. The van der Waals surface area contributed by atoms with Crippen LogP contribution in [0.5, 0.6) is 0 Å². The van der Waals surface area contributed by atoms with Gasteiger partial charge < -0.3 is 15.1 Å². The molecule has 0 aromatic carbocycles. The van der Waals surface area contributed by atoms with E-state index in [-0.39, 0.29) is 24.8 Å². The Balaban J connectivity index is 0.00000180. The number of piperidine rings is 1. The van der Waals surface area contributed by atoms with Crippen LogP contribution in [0.3, 0.4) is 0 Å². The summed E-state index contributed by atoms with van der Waals surface area (Å²) in [6, 6.07) is 0.923. The molecule has 2 rings (SSSR count). The van der Waals surface area contributed by atoms with E-state index in [0.29, 0.717) is 24.4 Å². The van der Waals surface area contributed by atoms with E-state index >= 15 is 0 Å². The lowest BCUT2D eigenvalue weighted by molar-refractivity contribution is -0.133. The number of nitrogens with one attached hydrogen (secondary N) is 1. The Morgan fingerprint density at radius 2 is 2.15 bits per heavy atom. The van der Waals surface area contributed by atoms with Crippen LogP contribution in [0, 0.1) is 0 Å². The Kier molecular flexibility index (Phi) is 10.3. The van der Waals surface area contributed by atoms with E-state index in [1.807, 2.05) is 11.8 Å². The van der Waals surface area contributed by atoms with Crippen molar-refractivity contribution in [2.24, 2.45) is 0 Å². The zero-order chi connectivity index (χ0) is 13.0. The van der Waals surface area contributed by atoms with Gasteiger partial charge in [-0.3, -0.25) is 4.79 Å². The lowest BCUT2D eigenvalue weighted by Crippen LogP contribution is -2.49. The average molecular weight is 344 g/mol. The third kappa shape index (κ3) is 5.98. The number of rotatable bonds is 3. The minimum absolute atomic E-state index is 0. The minimum Gasteiger partial charge on any atom is -0.341 e. The third-order valence-electron chi connectivity index (χ3n) is 3.90. The fourth-order valence-corrected chi connectivity index (χ4v) is 3.64. The van der Waals surface area contributed by atoms with Gasteiger partial charge in [0.1, 0.15) is 0 Å². The van der Waals surface area contributed by atoms with Gasteiger partial charge in [0.2, 0.25) is 5.91 Å². The van der Waals surface area contributed by atoms with E-state index < -0.39 is 0 Å². The van der Waals surface area contributed by atoms with E-state index in [1.54, 1.807) is 0 Å². The molecule has 1 amide bonds. The molecule has 2 saturated heterocycles. The van der Waals surface area contributed by atoms with Gasteiger partial charge in [-0.2, -0.15) is 11.8 Å². The Bertz CT molecular complexity index is 289. The van der Waals surface area contributed by atoms with Crippen LogP contribution in [0.4, 0.5) is 0 Å². The maximum absolute atomic E-state index is 12.3. The number of likely N-dealkylation sites (N-methyl/N-ethyl adjacent to an activating group) is 1. The van der Waals surface area contributed by atoms with Gasteiger partial charge in [-0.05, 0) is 26.9 Å². The molecule has 0 aliphatic carbocycles. The number of nitrogens with zero attached hydrogens (tertiary/aromatic N) is 2. The smallest absolute Gasteiger partial charge is 0.224 e.